The molecule has 1 amide bonds. The number of likely N-dealkylation sites (N-methyl/N-ethyl adjacent to an activating group) is 1. The van der Waals surface area contributed by atoms with E-state index in [1.807, 2.05) is 7.05 Å². The molecule has 1 rings (SSSR count). The lowest BCUT2D eigenvalue weighted by Crippen LogP contribution is -2.36. The summed E-state index contributed by atoms with van der Waals surface area (Å²) in [5.74, 6) is -0.438. The van der Waals surface area contributed by atoms with Crippen molar-refractivity contribution in [3.8, 4) is 0 Å². The number of carbonyl (C=O) groups excluding carboxylic acids is 1. The molecule has 0 aliphatic rings. The molecule has 0 radical (unpaired) electrons. The van der Waals surface area contributed by atoms with Crippen LogP contribution in [0.3, 0.4) is 0 Å². The molecule has 0 saturated heterocycles. The molecule has 0 atom stereocenters. The van der Waals surface area contributed by atoms with Crippen molar-refractivity contribution in [3.05, 3.63) is 30.1 Å². The van der Waals surface area contributed by atoms with Gasteiger partial charge >= 0.3 is 0 Å². The quantitative estimate of drug-likeness (QED) is 0.739. The maximum absolute atomic E-state index is 12.7. The molecule has 0 unspecified atom stereocenters. The summed E-state index contributed by atoms with van der Waals surface area (Å²) in [6, 6.07) is 6.22. The monoisotopic (exact) mass is 267 g/mol. The van der Waals surface area contributed by atoms with E-state index >= 15 is 0 Å². The van der Waals surface area contributed by atoms with Crippen LogP contribution in [-0.4, -0.2) is 43.5 Å². The van der Waals surface area contributed by atoms with Gasteiger partial charge in [-0.25, -0.2) is 4.39 Å². The molecule has 1 aromatic rings. The summed E-state index contributed by atoms with van der Waals surface area (Å²) in [4.78, 5) is 13.8. The summed E-state index contributed by atoms with van der Waals surface area (Å²) in [5.41, 5.74) is 0.604. The van der Waals surface area contributed by atoms with E-state index in [4.69, 9.17) is 0 Å². The van der Waals surface area contributed by atoms with Gasteiger partial charge in [0.1, 0.15) is 5.82 Å². The minimum Gasteiger partial charge on any atom is -0.325 e. The average molecular weight is 267 g/mol. The van der Waals surface area contributed by atoms with Crippen molar-refractivity contribution in [2.75, 3.05) is 32.0 Å². The number of benzene rings is 1. The third-order valence-corrected chi connectivity index (χ3v) is 2.94. The van der Waals surface area contributed by atoms with E-state index in [1.165, 1.54) is 12.1 Å². The van der Waals surface area contributed by atoms with Gasteiger partial charge in [0.25, 0.3) is 0 Å². The molecule has 0 aliphatic heterocycles. The molecular weight excluding hydrogens is 245 g/mol. The minimum absolute atomic E-state index is 0.126. The molecule has 0 spiro atoms. The number of amides is 1. The zero-order valence-electron chi connectivity index (χ0n) is 11.7. The van der Waals surface area contributed by atoms with Crippen LogP contribution in [0.5, 0.6) is 0 Å². The van der Waals surface area contributed by atoms with Gasteiger partial charge in [-0.05, 0) is 45.2 Å². The molecule has 2 N–H and O–H groups in total. The Kier molecular flexibility index (Phi) is 6.45. The molecule has 19 heavy (non-hydrogen) atoms. The van der Waals surface area contributed by atoms with E-state index in [2.05, 4.69) is 29.4 Å². The number of halogens is 1. The van der Waals surface area contributed by atoms with Gasteiger partial charge in [0.05, 0.1) is 6.54 Å². The van der Waals surface area contributed by atoms with E-state index in [9.17, 15) is 9.18 Å². The lowest BCUT2D eigenvalue weighted by atomic mass is 10.3. The highest BCUT2D eigenvalue weighted by Gasteiger charge is 2.04. The summed E-state index contributed by atoms with van der Waals surface area (Å²) in [7, 11) is 2.05. The van der Waals surface area contributed by atoms with Gasteiger partial charge in [-0.2, -0.15) is 0 Å². The fraction of sp³-hybridized carbons (Fsp3) is 0.500. The summed E-state index contributed by atoms with van der Waals surface area (Å²) >= 11 is 0. The Balaban J connectivity index is 2.20. The van der Waals surface area contributed by atoms with E-state index in [0.29, 0.717) is 11.7 Å². The number of hydrogen-bond donors (Lipinski definition) is 2. The van der Waals surface area contributed by atoms with E-state index in [0.717, 1.165) is 13.1 Å². The van der Waals surface area contributed by atoms with Gasteiger partial charge < -0.3 is 15.5 Å². The maximum atomic E-state index is 12.7. The standard InChI is InChI=1S/C14H22FN3O/c1-11(2)18(3)9-8-16-10-14(19)17-13-6-4-12(15)5-7-13/h4-7,11,16H,8-10H2,1-3H3,(H,17,19). The van der Waals surface area contributed by atoms with Crippen molar-refractivity contribution in [1.82, 2.24) is 10.2 Å². The Bertz CT molecular complexity index is 392. The number of anilines is 1. The molecule has 0 bridgehead atoms. The Morgan fingerprint density at radius 2 is 1.95 bits per heavy atom. The third kappa shape index (κ3) is 6.31. The lowest BCUT2D eigenvalue weighted by Gasteiger charge is -2.20. The van der Waals surface area contributed by atoms with Crippen molar-refractivity contribution in [1.29, 1.82) is 0 Å². The first-order valence-electron chi connectivity index (χ1n) is 6.45. The second-order valence-corrected chi connectivity index (χ2v) is 4.81. The largest absolute Gasteiger partial charge is 0.325 e. The van der Waals surface area contributed by atoms with Gasteiger partial charge in [-0.1, -0.05) is 0 Å². The topological polar surface area (TPSA) is 44.4 Å². The highest BCUT2D eigenvalue weighted by Crippen LogP contribution is 2.07. The van der Waals surface area contributed by atoms with Crippen molar-refractivity contribution in [3.63, 3.8) is 0 Å². The fourth-order valence-electron chi connectivity index (χ4n) is 1.45. The predicted octanol–water partition coefficient (Wildman–Crippen LogP) is 1.69. The number of rotatable bonds is 7. The minimum atomic E-state index is -0.312. The van der Waals surface area contributed by atoms with E-state index in [1.54, 1.807) is 12.1 Å². The summed E-state index contributed by atoms with van der Waals surface area (Å²) < 4.78 is 12.7. The van der Waals surface area contributed by atoms with Crippen molar-refractivity contribution in [2.45, 2.75) is 19.9 Å². The summed E-state index contributed by atoms with van der Waals surface area (Å²) in [6.45, 7) is 6.15. The zero-order chi connectivity index (χ0) is 14.3. The van der Waals surface area contributed by atoms with Crippen LogP contribution in [0.25, 0.3) is 0 Å². The Morgan fingerprint density at radius 3 is 2.53 bits per heavy atom. The van der Waals surface area contributed by atoms with Crippen LogP contribution in [0.1, 0.15) is 13.8 Å². The lowest BCUT2D eigenvalue weighted by molar-refractivity contribution is -0.115. The number of carbonyl (C=O) groups is 1. The van der Waals surface area contributed by atoms with Crippen LogP contribution in [0.15, 0.2) is 24.3 Å². The van der Waals surface area contributed by atoms with Crippen LogP contribution in [0.4, 0.5) is 10.1 Å². The van der Waals surface area contributed by atoms with Crippen LogP contribution >= 0.6 is 0 Å². The predicted molar refractivity (Wildman–Crippen MR) is 75.7 cm³/mol. The molecule has 0 aliphatic carbocycles. The van der Waals surface area contributed by atoms with Gasteiger partial charge in [-0.15, -0.1) is 0 Å². The normalized spacial score (nSPS) is 11.1. The molecule has 106 valence electrons. The first-order valence-corrected chi connectivity index (χ1v) is 6.45. The van der Waals surface area contributed by atoms with Crippen LogP contribution < -0.4 is 10.6 Å². The number of hydrogen-bond acceptors (Lipinski definition) is 3. The van der Waals surface area contributed by atoms with Crippen molar-refractivity contribution < 1.29 is 9.18 Å². The third-order valence-electron chi connectivity index (χ3n) is 2.94. The smallest absolute Gasteiger partial charge is 0.238 e. The van der Waals surface area contributed by atoms with Crippen LogP contribution in [0.2, 0.25) is 0 Å². The fourth-order valence-corrected chi connectivity index (χ4v) is 1.45. The number of nitrogens with zero attached hydrogens (tertiary/aromatic N) is 1. The van der Waals surface area contributed by atoms with Crippen LogP contribution in [0, 0.1) is 5.82 Å². The molecule has 5 heteroatoms. The first-order chi connectivity index (χ1) is 8.99. The second kappa shape index (κ2) is 7.86. The van der Waals surface area contributed by atoms with E-state index < -0.39 is 0 Å². The van der Waals surface area contributed by atoms with Crippen molar-refractivity contribution in [2.24, 2.45) is 0 Å². The molecule has 4 nitrogen and oxygen atoms in total. The Morgan fingerprint density at radius 1 is 1.32 bits per heavy atom. The SMILES string of the molecule is CC(C)N(C)CCNCC(=O)Nc1ccc(F)cc1. The van der Waals surface area contributed by atoms with Crippen molar-refractivity contribution >= 4 is 11.6 Å². The van der Waals surface area contributed by atoms with Gasteiger partial charge in [0.2, 0.25) is 5.91 Å². The van der Waals surface area contributed by atoms with Gasteiger partial charge in [-0.3, -0.25) is 4.79 Å². The first kappa shape index (κ1) is 15.6. The van der Waals surface area contributed by atoms with E-state index in [-0.39, 0.29) is 18.3 Å². The molecule has 1 aromatic carbocycles. The average Bonchev–Trinajstić information content (AvgIpc) is 2.37. The van der Waals surface area contributed by atoms with Crippen LogP contribution in [-0.2, 0) is 4.79 Å². The molecule has 0 saturated carbocycles. The van der Waals surface area contributed by atoms with Gasteiger partial charge in [0.15, 0.2) is 0 Å². The summed E-state index contributed by atoms with van der Waals surface area (Å²) in [6.07, 6.45) is 0. The zero-order valence-corrected chi connectivity index (χ0v) is 11.7. The highest BCUT2D eigenvalue weighted by molar-refractivity contribution is 5.92. The molecular formula is C14H22FN3O. The van der Waals surface area contributed by atoms with Gasteiger partial charge in [0, 0.05) is 24.8 Å². The molecule has 0 aromatic heterocycles. The number of nitrogens with one attached hydrogen (secondary N) is 2. The molecule has 0 fully saturated rings. The summed E-state index contributed by atoms with van der Waals surface area (Å²) in [5, 5.41) is 5.77. The Hall–Kier alpha value is -1.46. The molecule has 0 heterocycles. The Labute approximate surface area is 114 Å². The maximum Gasteiger partial charge on any atom is 0.238 e. The highest BCUT2D eigenvalue weighted by atomic mass is 19.1. The second-order valence-electron chi connectivity index (χ2n) is 4.81.